The van der Waals surface area contributed by atoms with Gasteiger partial charge in [0, 0.05) is 39.5 Å². The molecule has 2 amide bonds. The molecule has 1 aromatic rings. The Balaban J connectivity index is 2.66. The molecule has 0 saturated carbocycles. The molecule has 1 aromatic heterocycles. The van der Waals surface area contributed by atoms with E-state index in [1.54, 1.807) is 20.3 Å². The number of pyridine rings is 1. The van der Waals surface area contributed by atoms with Gasteiger partial charge in [0.05, 0.1) is 16.8 Å². The number of aromatic nitrogens is 1. The van der Waals surface area contributed by atoms with Crippen LogP contribution in [0, 0.1) is 0 Å². The summed E-state index contributed by atoms with van der Waals surface area (Å²) in [5.41, 5.74) is 0.270. The summed E-state index contributed by atoms with van der Waals surface area (Å²) in [7, 11) is 3.32. The smallest absolute Gasteiger partial charge is 0.321 e. The van der Waals surface area contributed by atoms with Crippen LogP contribution in [0.3, 0.4) is 0 Å². The minimum absolute atomic E-state index is 0.185. The van der Waals surface area contributed by atoms with Crippen molar-refractivity contribution in [2.24, 2.45) is 7.05 Å². The highest BCUT2D eigenvalue weighted by Crippen LogP contribution is 2.19. The van der Waals surface area contributed by atoms with Crippen LogP contribution in [0.2, 0.25) is 0 Å². The van der Waals surface area contributed by atoms with Gasteiger partial charge >= 0.3 is 6.03 Å². The van der Waals surface area contributed by atoms with E-state index < -0.39 is 0 Å². The van der Waals surface area contributed by atoms with Crippen molar-refractivity contribution < 1.29 is 9.53 Å². The molecule has 7 heteroatoms. The van der Waals surface area contributed by atoms with E-state index in [4.69, 9.17) is 4.74 Å². The van der Waals surface area contributed by atoms with Crippen LogP contribution in [-0.4, -0.2) is 42.3 Å². The number of urea groups is 1. The van der Waals surface area contributed by atoms with Crippen molar-refractivity contribution in [2.75, 3.05) is 32.1 Å². The van der Waals surface area contributed by atoms with Gasteiger partial charge in [-0.15, -0.1) is 0 Å². The number of amides is 2. The van der Waals surface area contributed by atoms with Crippen LogP contribution >= 0.6 is 15.9 Å². The van der Waals surface area contributed by atoms with Crippen LogP contribution in [-0.2, 0) is 11.8 Å². The van der Waals surface area contributed by atoms with Gasteiger partial charge in [-0.05, 0) is 22.9 Å². The normalized spacial score (nSPS) is 10.3. The lowest BCUT2D eigenvalue weighted by Gasteiger charge is -2.18. The first-order chi connectivity index (χ1) is 8.95. The predicted octanol–water partition coefficient (Wildman–Crippen LogP) is 1.65. The Kier molecular flexibility index (Phi) is 6.04. The molecule has 0 saturated heterocycles. The van der Waals surface area contributed by atoms with Crippen molar-refractivity contribution in [2.45, 2.75) is 6.92 Å². The highest BCUT2D eigenvalue weighted by Gasteiger charge is 2.11. The Morgan fingerprint density at radius 3 is 2.89 bits per heavy atom. The van der Waals surface area contributed by atoms with E-state index in [-0.39, 0.29) is 11.6 Å². The van der Waals surface area contributed by atoms with Crippen LogP contribution in [0.1, 0.15) is 6.92 Å². The summed E-state index contributed by atoms with van der Waals surface area (Å²) in [5, 5.41) is 2.68. The first kappa shape index (κ1) is 15.7. The summed E-state index contributed by atoms with van der Waals surface area (Å²) in [5.74, 6) is 0. The number of nitrogens with zero attached hydrogens (tertiary/aromatic N) is 2. The molecule has 1 rings (SSSR count). The molecular weight excluding hydrogens is 314 g/mol. The molecule has 0 aliphatic carbocycles. The zero-order valence-corrected chi connectivity index (χ0v) is 12.9. The molecule has 0 unspecified atom stereocenters. The van der Waals surface area contributed by atoms with Crippen LogP contribution in [0.5, 0.6) is 0 Å². The first-order valence-corrected chi connectivity index (χ1v) is 6.71. The van der Waals surface area contributed by atoms with Crippen LogP contribution < -0.4 is 10.9 Å². The lowest BCUT2D eigenvalue weighted by molar-refractivity contribution is 0.128. The summed E-state index contributed by atoms with van der Waals surface area (Å²) in [4.78, 5) is 24.9. The van der Waals surface area contributed by atoms with Crippen LogP contribution in [0.15, 0.2) is 21.5 Å². The quantitative estimate of drug-likeness (QED) is 0.834. The van der Waals surface area contributed by atoms with Crippen molar-refractivity contribution >= 4 is 27.6 Å². The van der Waals surface area contributed by atoms with Gasteiger partial charge in [0.2, 0.25) is 0 Å². The third-order valence-corrected chi connectivity index (χ3v) is 3.18. The second-order valence-corrected chi connectivity index (χ2v) is 4.89. The lowest BCUT2D eigenvalue weighted by Crippen LogP contribution is -2.34. The molecule has 6 nitrogen and oxygen atoms in total. The molecule has 0 radical (unpaired) electrons. The van der Waals surface area contributed by atoms with Gasteiger partial charge in [0.1, 0.15) is 0 Å². The monoisotopic (exact) mass is 331 g/mol. The third kappa shape index (κ3) is 4.68. The highest BCUT2D eigenvalue weighted by atomic mass is 79.9. The van der Waals surface area contributed by atoms with Gasteiger partial charge in [-0.3, -0.25) is 4.79 Å². The van der Waals surface area contributed by atoms with E-state index >= 15 is 0 Å². The molecule has 0 fully saturated rings. The number of anilines is 1. The molecule has 1 N–H and O–H groups in total. The summed E-state index contributed by atoms with van der Waals surface area (Å²) >= 11 is 3.31. The average Bonchev–Trinajstić information content (AvgIpc) is 2.36. The molecule has 0 spiro atoms. The number of rotatable bonds is 5. The summed E-state index contributed by atoms with van der Waals surface area (Å²) in [6.07, 6.45) is 1.61. The van der Waals surface area contributed by atoms with Crippen molar-refractivity contribution in [3.05, 3.63) is 27.1 Å². The van der Waals surface area contributed by atoms with E-state index in [0.717, 1.165) is 0 Å². The SMILES string of the molecule is CCOCCN(C)C(=O)Nc1cc(=O)n(C)cc1Br. The minimum Gasteiger partial charge on any atom is -0.380 e. The summed E-state index contributed by atoms with van der Waals surface area (Å²) < 4.78 is 7.26. The average molecular weight is 332 g/mol. The molecule has 0 aromatic carbocycles. The highest BCUT2D eigenvalue weighted by molar-refractivity contribution is 9.10. The predicted molar refractivity (Wildman–Crippen MR) is 77.5 cm³/mol. The first-order valence-electron chi connectivity index (χ1n) is 5.91. The third-order valence-electron chi connectivity index (χ3n) is 2.54. The topological polar surface area (TPSA) is 63.6 Å². The van der Waals surface area contributed by atoms with Gasteiger partial charge in [-0.2, -0.15) is 0 Å². The van der Waals surface area contributed by atoms with Crippen LogP contribution in [0.4, 0.5) is 10.5 Å². The van der Waals surface area contributed by atoms with Crippen molar-refractivity contribution in [3.63, 3.8) is 0 Å². The van der Waals surface area contributed by atoms with Gasteiger partial charge in [0.15, 0.2) is 0 Å². The number of carbonyl (C=O) groups excluding carboxylic acids is 1. The molecule has 1 heterocycles. The second kappa shape index (κ2) is 7.30. The molecular formula is C12H18BrN3O3. The van der Waals surface area contributed by atoms with Crippen molar-refractivity contribution in [3.8, 4) is 0 Å². The second-order valence-electron chi connectivity index (χ2n) is 4.03. The maximum Gasteiger partial charge on any atom is 0.321 e. The zero-order valence-electron chi connectivity index (χ0n) is 11.3. The molecule has 0 bridgehead atoms. The summed E-state index contributed by atoms with van der Waals surface area (Å²) in [6, 6.07) is 1.09. The van der Waals surface area contributed by atoms with Crippen molar-refractivity contribution in [1.29, 1.82) is 0 Å². The molecule has 106 valence electrons. The molecule has 0 aliphatic heterocycles. The fourth-order valence-corrected chi connectivity index (χ4v) is 1.87. The number of halogens is 1. The Bertz CT molecular complexity index is 501. The maximum atomic E-state index is 11.9. The maximum absolute atomic E-state index is 11.9. The van der Waals surface area contributed by atoms with E-state index in [2.05, 4.69) is 21.2 Å². The van der Waals surface area contributed by atoms with E-state index in [1.165, 1.54) is 15.5 Å². The van der Waals surface area contributed by atoms with E-state index in [9.17, 15) is 9.59 Å². The zero-order chi connectivity index (χ0) is 14.4. The van der Waals surface area contributed by atoms with E-state index in [0.29, 0.717) is 29.9 Å². The molecule has 0 aliphatic rings. The van der Waals surface area contributed by atoms with Crippen molar-refractivity contribution in [1.82, 2.24) is 9.47 Å². The van der Waals surface area contributed by atoms with Gasteiger partial charge in [0.25, 0.3) is 5.56 Å². The molecule has 0 atom stereocenters. The molecule has 19 heavy (non-hydrogen) atoms. The fraction of sp³-hybridized carbons (Fsp3) is 0.500. The number of likely N-dealkylation sites (N-methyl/N-ethyl adjacent to an activating group) is 1. The lowest BCUT2D eigenvalue weighted by atomic mass is 10.4. The standard InChI is InChI=1S/C12H18BrN3O3/c1-4-19-6-5-15(2)12(18)14-10-7-11(17)16(3)8-9(10)13/h7-8H,4-6H2,1-3H3,(H,14,18). The van der Waals surface area contributed by atoms with E-state index in [1.807, 2.05) is 6.92 Å². The number of ether oxygens (including phenoxy) is 1. The fourth-order valence-electron chi connectivity index (χ4n) is 1.35. The van der Waals surface area contributed by atoms with Gasteiger partial charge < -0.3 is 19.5 Å². The Labute approximate surface area is 120 Å². The Hall–Kier alpha value is -1.34. The number of hydrogen-bond acceptors (Lipinski definition) is 3. The van der Waals surface area contributed by atoms with Gasteiger partial charge in [-0.1, -0.05) is 0 Å². The van der Waals surface area contributed by atoms with Gasteiger partial charge in [-0.25, -0.2) is 4.79 Å². The van der Waals surface area contributed by atoms with Crippen LogP contribution in [0.25, 0.3) is 0 Å². The number of hydrogen-bond donors (Lipinski definition) is 1. The number of nitrogens with one attached hydrogen (secondary N) is 1. The Morgan fingerprint density at radius 1 is 1.58 bits per heavy atom. The number of aryl methyl sites for hydroxylation is 1. The number of carbonyl (C=O) groups is 1. The largest absolute Gasteiger partial charge is 0.380 e. The minimum atomic E-state index is -0.284. The Morgan fingerprint density at radius 2 is 2.26 bits per heavy atom. The summed E-state index contributed by atoms with van der Waals surface area (Å²) in [6.45, 7) is 3.49.